The summed E-state index contributed by atoms with van der Waals surface area (Å²) in [6.07, 6.45) is 2.66. The van der Waals surface area contributed by atoms with E-state index in [1.165, 1.54) is 12.8 Å². The summed E-state index contributed by atoms with van der Waals surface area (Å²) in [5.74, 6) is 0.829. The second kappa shape index (κ2) is 3.81. The number of hydrogen-bond acceptors (Lipinski definition) is 0. The van der Waals surface area contributed by atoms with Crippen LogP contribution in [0.4, 0.5) is 0 Å². The van der Waals surface area contributed by atoms with Gasteiger partial charge in [-0.25, -0.2) is 0 Å². The molecule has 0 fully saturated rings. The first-order valence-electron chi connectivity index (χ1n) is 5.19. The summed E-state index contributed by atoms with van der Waals surface area (Å²) in [6.45, 7) is 16.4. The van der Waals surface area contributed by atoms with E-state index in [-0.39, 0.29) is 0 Å². The number of rotatable bonds is 2. The van der Waals surface area contributed by atoms with E-state index in [4.69, 9.17) is 0 Å². The van der Waals surface area contributed by atoms with E-state index in [1.807, 2.05) is 0 Å². The Morgan fingerprint density at radius 1 is 0.833 bits per heavy atom. The molecule has 12 heavy (non-hydrogen) atoms. The maximum Gasteiger partial charge on any atom is -0.0317 e. The maximum absolute atomic E-state index is 2.36. The second-order valence-corrected chi connectivity index (χ2v) is 6.07. The first-order valence-corrected chi connectivity index (χ1v) is 5.19. The average molecular weight is 170 g/mol. The van der Waals surface area contributed by atoms with Crippen molar-refractivity contribution in [2.45, 2.75) is 61.3 Å². The third-order valence-electron chi connectivity index (χ3n) is 2.67. The molecule has 0 amide bonds. The van der Waals surface area contributed by atoms with Gasteiger partial charge in [-0.05, 0) is 23.2 Å². The summed E-state index contributed by atoms with van der Waals surface area (Å²) in [7, 11) is 0. The lowest BCUT2D eigenvalue weighted by molar-refractivity contribution is 0.0921. The minimum absolute atomic E-state index is 0.453. The molecule has 0 heterocycles. The molecule has 0 radical (unpaired) electrons. The van der Waals surface area contributed by atoms with Crippen LogP contribution in [0.3, 0.4) is 0 Å². The molecule has 0 unspecified atom stereocenters. The van der Waals surface area contributed by atoms with Crippen LogP contribution in [-0.4, -0.2) is 0 Å². The van der Waals surface area contributed by atoms with Crippen molar-refractivity contribution in [3.63, 3.8) is 0 Å². The van der Waals surface area contributed by atoms with Gasteiger partial charge < -0.3 is 0 Å². The van der Waals surface area contributed by atoms with Crippen LogP contribution >= 0.6 is 0 Å². The van der Waals surface area contributed by atoms with Crippen molar-refractivity contribution in [2.24, 2.45) is 16.7 Å². The predicted molar refractivity (Wildman–Crippen MR) is 57.3 cm³/mol. The fraction of sp³-hybridized carbons (Fsp3) is 1.00. The molecule has 0 aromatic rings. The van der Waals surface area contributed by atoms with Crippen molar-refractivity contribution in [1.82, 2.24) is 0 Å². The van der Waals surface area contributed by atoms with Crippen LogP contribution in [0.25, 0.3) is 0 Å². The normalized spacial score (nSPS) is 14.0. The Kier molecular flexibility index (Phi) is 3.81. The maximum atomic E-state index is 2.36. The van der Waals surface area contributed by atoms with Gasteiger partial charge in [-0.2, -0.15) is 0 Å². The van der Waals surface area contributed by atoms with E-state index in [2.05, 4.69) is 48.5 Å². The van der Waals surface area contributed by atoms with Gasteiger partial charge in [-0.1, -0.05) is 54.9 Å². The van der Waals surface area contributed by atoms with Crippen LogP contribution in [0.15, 0.2) is 0 Å². The van der Waals surface area contributed by atoms with Gasteiger partial charge in [-0.15, -0.1) is 0 Å². The molecule has 0 aromatic heterocycles. The molecule has 0 aliphatic heterocycles. The van der Waals surface area contributed by atoms with E-state index in [1.54, 1.807) is 0 Å². The zero-order chi connectivity index (χ0) is 9.99. The van der Waals surface area contributed by atoms with Gasteiger partial charge in [0, 0.05) is 0 Å². The fourth-order valence-corrected chi connectivity index (χ4v) is 2.45. The van der Waals surface area contributed by atoms with Gasteiger partial charge in [0.1, 0.15) is 0 Å². The van der Waals surface area contributed by atoms with E-state index >= 15 is 0 Å². The van der Waals surface area contributed by atoms with Gasteiger partial charge in [0.15, 0.2) is 0 Å². The molecule has 0 bridgehead atoms. The zero-order valence-electron chi connectivity index (χ0n) is 9.99. The summed E-state index contributed by atoms with van der Waals surface area (Å²) in [5.41, 5.74) is 0.905. The van der Waals surface area contributed by atoms with Crippen LogP contribution in [0.5, 0.6) is 0 Å². The molecule has 0 rings (SSSR count). The summed E-state index contributed by atoms with van der Waals surface area (Å²) in [5, 5.41) is 0. The molecule has 0 heteroatoms. The smallest absolute Gasteiger partial charge is 0.0317 e. The Morgan fingerprint density at radius 2 is 1.17 bits per heavy atom. The summed E-state index contributed by atoms with van der Waals surface area (Å²) >= 11 is 0. The third kappa shape index (κ3) is 3.60. The molecule has 74 valence electrons. The standard InChI is InChI=1S/C12H26/c1-8-9-10(11(2,3)4)12(5,6)7/h10H,8-9H2,1-7H3. The quantitative estimate of drug-likeness (QED) is 0.572. The van der Waals surface area contributed by atoms with Crippen LogP contribution < -0.4 is 0 Å². The Morgan fingerprint density at radius 3 is 1.25 bits per heavy atom. The Balaban J connectivity index is 4.45. The van der Waals surface area contributed by atoms with Crippen molar-refractivity contribution in [3.05, 3.63) is 0 Å². The van der Waals surface area contributed by atoms with Crippen molar-refractivity contribution in [2.75, 3.05) is 0 Å². The fourth-order valence-electron chi connectivity index (χ4n) is 2.45. The lowest BCUT2D eigenvalue weighted by Crippen LogP contribution is -2.32. The largest absolute Gasteiger partial charge is 0.0654 e. The third-order valence-corrected chi connectivity index (χ3v) is 2.67. The number of hydrogen-bond donors (Lipinski definition) is 0. The van der Waals surface area contributed by atoms with Gasteiger partial charge in [0.05, 0.1) is 0 Å². The van der Waals surface area contributed by atoms with Crippen LogP contribution in [0, 0.1) is 16.7 Å². The summed E-state index contributed by atoms with van der Waals surface area (Å²) in [6, 6.07) is 0. The summed E-state index contributed by atoms with van der Waals surface area (Å²) < 4.78 is 0. The van der Waals surface area contributed by atoms with Crippen molar-refractivity contribution < 1.29 is 0 Å². The molecule has 0 nitrogen and oxygen atoms in total. The van der Waals surface area contributed by atoms with E-state index in [0.29, 0.717) is 10.8 Å². The van der Waals surface area contributed by atoms with E-state index in [9.17, 15) is 0 Å². The lowest BCUT2D eigenvalue weighted by atomic mass is 9.65. The van der Waals surface area contributed by atoms with Gasteiger partial charge in [0.2, 0.25) is 0 Å². The molecule has 0 saturated carbocycles. The molecule has 0 aromatic carbocycles. The van der Waals surface area contributed by atoms with Crippen molar-refractivity contribution in [3.8, 4) is 0 Å². The first-order chi connectivity index (χ1) is 5.19. The SMILES string of the molecule is CCCC(C(C)(C)C)C(C)(C)C. The highest BCUT2D eigenvalue weighted by Crippen LogP contribution is 2.42. The van der Waals surface area contributed by atoms with Gasteiger partial charge in [-0.3, -0.25) is 0 Å². The Bertz CT molecular complexity index is 106. The summed E-state index contributed by atoms with van der Waals surface area (Å²) in [4.78, 5) is 0. The van der Waals surface area contributed by atoms with E-state index < -0.39 is 0 Å². The van der Waals surface area contributed by atoms with E-state index in [0.717, 1.165) is 5.92 Å². The molecular formula is C12H26. The monoisotopic (exact) mass is 170 g/mol. The molecule has 0 N–H and O–H groups in total. The van der Waals surface area contributed by atoms with Gasteiger partial charge >= 0.3 is 0 Å². The van der Waals surface area contributed by atoms with Crippen molar-refractivity contribution in [1.29, 1.82) is 0 Å². The minimum atomic E-state index is 0.453. The topological polar surface area (TPSA) is 0 Å². The first kappa shape index (κ1) is 12.0. The average Bonchev–Trinajstić information content (AvgIpc) is 1.77. The van der Waals surface area contributed by atoms with Crippen molar-refractivity contribution >= 4 is 0 Å². The highest BCUT2D eigenvalue weighted by atomic mass is 14.4. The predicted octanol–water partition coefficient (Wildman–Crippen LogP) is 4.49. The molecule has 0 spiro atoms. The molecule has 0 atom stereocenters. The molecular weight excluding hydrogens is 144 g/mol. The minimum Gasteiger partial charge on any atom is -0.0654 e. The molecule has 0 saturated heterocycles. The highest BCUT2D eigenvalue weighted by Gasteiger charge is 2.33. The molecule has 0 aliphatic rings. The van der Waals surface area contributed by atoms with Crippen LogP contribution in [-0.2, 0) is 0 Å². The van der Waals surface area contributed by atoms with Gasteiger partial charge in [0.25, 0.3) is 0 Å². The van der Waals surface area contributed by atoms with Crippen LogP contribution in [0.2, 0.25) is 0 Å². The lowest BCUT2D eigenvalue weighted by Gasteiger charge is -2.40. The second-order valence-electron chi connectivity index (χ2n) is 6.07. The zero-order valence-corrected chi connectivity index (χ0v) is 9.99. The highest BCUT2D eigenvalue weighted by molar-refractivity contribution is 4.83. The Labute approximate surface area is 78.8 Å². The Hall–Kier alpha value is 0. The molecule has 0 aliphatic carbocycles. The van der Waals surface area contributed by atoms with Crippen LogP contribution in [0.1, 0.15) is 61.3 Å².